The van der Waals surface area contributed by atoms with Gasteiger partial charge in [0, 0.05) is 31.0 Å². The van der Waals surface area contributed by atoms with Gasteiger partial charge in [-0.1, -0.05) is 26.7 Å². The highest BCUT2D eigenvalue weighted by Gasteiger charge is 2.16. The molecule has 0 spiro atoms. The number of aromatic nitrogens is 2. The van der Waals surface area contributed by atoms with Gasteiger partial charge < -0.3 is 15.5 Å². The summed E-state index contributed by atoms with van der Waals surface area (Å²) in [5.41, 5.74) is 2.29. The second-order valence-electron chi connectivity index (χ2n) is 7.59. The lowest BCUT2D eigenvalue weighted by Gasteiger charge is -2.32. The lowest BCUT2D eigenvalue weighted by Crippen LogP contribution is -2.32. The number of rotatable bonds is 8. The number of unbranched alkanes of at least 4 members (excludes halogenated alkanes) is 2. The monoisotopic (exact) mass is 381 g/mol. The van der Waals surface area contributed by atoms with Crippen LogP contribution in [-0.2, 0) is 0 Å². The third kappa shape index (κ3) is 5.68. The van der Waals surface area contributed by atoms with Gasteiger partial charge in [-0.25, -0.2) is 9.97 Å². The summed E-state index contributed by atoms with van der Waals surface area (Å²) in [5.74, 6) is 1.27. The van der Waals surface area contributed by atoms with Crippen molar-refractivity contribution in [2.45, 2.75) is 46.0 Å². The van der Waals surface area contributed by atoms with E-state index >= 15 is 0 Å². The molecule has 6 nitrogen and oxygen atoms in total. The molecule has 1 aliphatic rings. The van der Waals surface area contributed by atoms with Gasteiger partial charge in [-0.3, -0.25) is 4.79 Å². The highest BCUT2D eigenvalue weighted by molar-refractivity contribution is 6.02. The molecule has 28 heavy (non-hydrogen) atoms. The summed E-state index contributed by atoms with van der Waals surface area (Å²) in [7, 11) is 0. The Labute approximate surface area is 167 Å². The second-order valence-corrected chi connectivity index (χ2v) is 7.59. The minimum atomic E-state index is -0.246. The number of hydrogen-bond donors (Lipinski definition) is 2. The van der Waals surface area contributed by atoms with Gasteiger partial charge >= 0.3 is 0 Å². The molecule has 1 aliphatic heterocycles. The van der Waals surface area contributed by atoms with Crippen LogP contribution in [0.15, 0.2) is 36.7 Å². The van der Waals surface area contributed by atoms with Crippen LogP contribution in [-0.4, -0.2) is 35.5 Å². The van der Waals surface area contributed by atoms with Crippen LogP contribution in [0.1, 0.15) is 56.4 Å². The zero-order chi connectivity index (χ0) is 19.8. The van der Waals surface area contributed by atoms with Crippen molar-refractivity contribution in [2.75, 3.05) is 35.2 Å². The molecule has 0 saturated carbocycles. The predicted octanol–water partition coefficient (Wildman–Crippen LogP) is 4.57. The summed E-state index contributed by atoms with van der Waals surface area (Å²) in [6, 6.07) is 8.03. The molecule has 3 rings (SSSR count). The zero-order valence-electron chi connectivity index (χ0n) is 16.9. The van der Waals surface area contributed by atoms with Crippen molar-refractivity contribution in [3.63, 3.8) is 0 Å². The fourth-order valence-electron chi connectivity index (χ4n) is 3.35. The number of carbonyl (C=O) groups excluding carboxylic acids is 1. The maximum atomic E-state index is 12.4. The average Bonchev–Trinajstić information content (AvgIpc) is 2.73. The largest absolute Gasteiger partial charge is 0.372 e. The molecular formula is C22H31N5O. The second kappa shape index (κ2) is 10.1. The molecule has 2 aromatic rings. The first-order valence-electron chi connectivity index (χ1n) is 10.4. The number of amides is 1. The molecule has 2 N–H and O–H groups in total. The Balaban J connectivity index is 1.51. The summed E-state index contributed by atoms with van der Waals surface area (Å²) in [5, 5.41) is 6.12. The summed E-state index contributed by atoms with van der Waals surface area (Å²) >= 11 is 0. The van der Waals surface area contributed by atoms with E-state index in [1.165, 1.54) is 37.6 Å². The Kier molecular flexibility index (Phi) is 7.23. The van der Waals surface area contributed by atoms with Crippen molar-refractivity contribution in [3.05, 3.63) is 42.4 Å². The first-order chi connectivity index (χ1) is 13.7. The molecule has 1 amide bonds. The molecule has 2 heterocycles. The zero-order valence-corrected chi connectivity index (χ0v) is 16.9. The van der Waals surface area contributed by atoms with Crippen molar-refractivity contribution in [3.8, 4) is 0 Å². The maximum Gasteiger partial charge on any atom is 0.275 e. The van der Waals surface area contributed by atoms with Gasteiger partial charge in [0.05, 0.1) is 12.4 Å². The van der Waals surface area contributed by atoms with E-state index in [0.717, 1.165) is 37.7 Å². The Hall–Kier alpha value is -2.63. The van der Waals surface area contributed by atoms with Crippen LogP contribution in [0.25, 0.3) is 0 Å². The first kappa shape index (κ1) is 20.1. The standard InChI is InChI=1S/C22H31N5O/c1-3-4-5-12-23-21-16-24-20(15-25-21)22(28)26-18-6-8-19(9-7-18)27-13-10-17(2)11-14-27/h6-9,15-17H,3-5,10-14H2,1-2H3,(H,23,25)(H,26,28). The Bertz CT molecular complexity index is 737. The van der Waals surface area contributed by atoms with E-state index in [4.69, 9.17) is 0 Å². The molecular weight excluding hydrogens is 350 g/mol. The SMILES string of the molecule is CCCCCNc1cnc(C(=O)Nc2ccc(N3CCC(C)CC3)cc2)cn1. The first-order valence-corrected chi connectivity index (χ1v) is 10.4. The Morgan fingerprint density at radius 3 is 2.50 bits per heavy atom. The third-order valence-corrected chi connectivity index (χ3v) is 5.24. The van der Waals surface area contributed by atoms with Crippen LogP contribution in [0, 0.1) is 5.92 Å². The fourth-order valence-corrected chi connectivity index (χ4v) is 3.35. The van der Waals surface area contributed by atoms with Gasteiger partial charge in [-0.2, -0.15) is 0 Å². The fraction of sp³-hybridized carbons (Fsp3) is 0.500. The number of benzene rings is 1. The van der Waals surface area contributed by atoms with Gasteiger partial charge in [-0.15, -0.1) is 0 Å². The molecule has 1 saturated heterocycles. The molecule has 1 fully saturated rings. The van der Waals surface area contributed by atoms with Crippen molar-refractivity contribution in [1.82, 2.24) is 9.97 Å². The number of nitrogens with zero attached hydrogens (tertiary/aromatic N) is 3. The summed E-state index contributed by atoms with van der Waals surface area (Å²) in [4.78, 5) is 23.3. The van der Waals surface area contributed by atoms with E-state index in [9.17, 15) is 4.79 Å². The van der Waals surface area contributed by atoms with E-state index < -0.39 is 0 Å². The lowest BCUT2D eigenvalue weighted by molar-refractivity contribution is 0.102. The molecule has 0 aliphatic carbocycles. The van der Waals surface area contributed by atoms with Crippen LogP contribution >= 0.6 is 0 Å². The van der Waals surface area contributed by atoms with E-state index in [-0.39, 0.29) is 5.91 Å². The molecule has 0 unspecified atom stereocenters. The number of nitrogens with one attached hydrogen (secondary N) is 2. The maximum absolute atomic E-state index is 12.4. The molecule has 150 valence electrons. The lowest BCUT2D eigenvalue weighted by atomic mass is 9.99. The summed E-state index contributed by atoms with van der Waals surface area (Å²) < 4.78 is 0. The number of hydrogen-bond acceptors (Lipinski definition) is 5. The van der Waals surface area contributed by atoms with Crippen LogP contribution in [0.4, 0.5) is 17.2 Å². The molecule has 0 atom stereocenters. The van der Waals surface area contributed by atoms with Crippen molar-refractivity contribution < 1.29 is 4.79 Å². The highest BCUT2D eigenvalue weighted by atomic mass is 16.1. The van der Waals surface area contributed by atoms with Crippen LogP contribution in [0.2, 0.25) is 0 Å². The predicted molar refractivity (Wildman–Crippen MR) is 115 cm³/mol. The number of carbonyl (C=O) groups is 1. The minimum Gasteiger partial charge on any atom is -0.372 e. The third-order valence-electron chi connectivity index (χ3n) is 5.24. The average molecular weight is 382 g/mol. The molecule has 1 aromatic carbocycles. The normalized spacial score (nSPS) is 14.7. The topological polar surface area (TPSA) is 70.2 Å². The minimum absolute atomic E-state index is 0.246. The van der Waals surface area contributed by atoms with Crippen molar-refractivity contribution in [1.29, 1.82) is 0 Å². The van der Waals surface area contributed by atoms with Gasteiger partial charge in [0.1, 0.15) is 11.5 Å². The van der Waals surface area contributed by atoms with Crippen LogP contribution in [0.5, 0.6) is 0 Å². The van der Waals surface area contributed by atoms with Gasteiger partial charge in [0.15, 0.2) is 0 Å². The molecule has 0 radical (unpaired) electrons. The molecule has 0 bridgehead atoms. The summed E-state index contributed by atoms with van der Waals surface area (Å²) in [6.07, 6.45) is 9.08. The van der Waals surface area contributed by atoms with E-state index in [0.29, 0.717) is 11.5 Å². The van der Waals surface area contributed by atoms with E-state index in [1.54, 1.807) is 6.20 Å². The summed E-state index contributed by atoms with van der Waals surface area (Å²) in [6.45, 7) is 7.56. The van der Waals surface area contributed by atoms with E-state index in [2.05, 4.69) is 51.5 Å². The van der Waals surface area contributed by atoms with Gasteiger partial charge in [-0.05, 0) is 49.4 Å². The van der Waals surface area contributed by atoms with Gasteiger partial charge in [0.25, 0.3) is 5.91 Å². The van der Waals surface area contributed by atoms with Gasteiger partial charge in [0.2, 0.25) is 0 Å². The Morgan fingerprint density at radius 2 is 1.86 bits per heavy atom. The van der Waals surface area contributed by atoms with Crippen LogP contribution in [0.3, 0.4) is 0 Å². The van der Waals surface area contributed by atoms with E-state index in [1.807, 2.05) is 12.1 Å². The highest BCUT2D eigenvalue weighted by Crippen LogP contribution is 2.24. The smallest absolute Gasteiger partial charge is 0.275 e. The molecule has 1 aromatic heterocycles. The quantitative estimate of drug-likeness (QED) is 0.656. The van der Waals surface area contributed by atoms with Crippen molar-refractivity contribution in [2.24, 2.45) is 5.92 Å². The Morgan fingerprint density at radius 1 is 1.11 bits per heavy atom. The van der Waals surface area contributed by atoms with Crippen LogP contribution < -0.4 is 15.5 Å². The number of piperidine rings is 1. The van der Waals surface area contributed by atoms with Crippen molar-refractivity contribution >= 4 is 23.1 Å². The molecule has 6 heteroatoms. The number of anilines is 3.